The molecule has 0 aliphatic carbocycles. The van der Waals surface area contributed by atoms with Gasteiger partial charge in [0.25, 0.3) is 0 Å². The maximum absolute atomic E-state index is 12.3. The highest BCUT2D eigenvalue weighted by atomic mass is 32.2. The van der Waals surface area contributed by atoms with Crippen LogP contribution in [0.2, 0.25) is 0 Å². The molecule has 9 nitrogen and oxygen atoms in total. The van der Waals surface area contributed by atoms with E-state index in [1.165, 1.54) is 36.4 Å². The van der Waals surface area contributed by atoms with E-state index in [-0.39, 0.29) is 38.7 Å². The predicted molar refractivity (Wildman–Crippen MR) is 81.0 cm³/mol. The van der Waals surface area contributed by atoms with Crippen molar-refractivity contribution < 1.29 is 29.7 Å². The van der Waals surface area contributed by atoms with Gasteiger partial charge in [0.2, 0.25) is 0 Å². The first-order valence-electron chi connectivity index (χ1n) is 6.46. The minimum atomic E-state index is -1.61. The highest BCUT2D eigenvalue weighted by Crippen LogP contribution is 2.24. The fraction of sp³-hybridized carbons (Fsp3) is 0.0714. The fourth-order valence-electron chi connectivity index (χ4n) is 1.95. The van der Waals surface area contributed by atoms with Crippen molar-refractivity contribution >= 4 is 28.1 Å². The van der Waals surface area contributed by atoms with Crippen LogP contribution in [0.4, 0.5) is 11.4 Å². The van der Waals surface area contributed by atoms with Gasteiger partial charge in [0.15, 0.2) is 0 Å². The second-order valence-corrected chi connectivity index (χ2v) is 6.13. The quantitative estimate of drug-likeness (QED) is 0.637. The summed E-state index contributed by atoms with van der Waals surface area (Å²) < 4.78 is 12.3. The summed E-state index contributed by atoms with van der Waals surface area (Å²) in [4.78, 5) is 11.1. The number of carboxylic acids is 1. The molecule has 24 heavy (non-hydrogen) atoms. The van der Waals surface area contributed by atoms with E-state index < -0.39 is 16.8 Å². The lowest BCUT2D eigenvalue weighted by Crippen LogP contribution is -2.23. The average molecular weight is 352 g/mol. The first kappa shape index (κ1) is 17.8. The first-order chi connectivity index (χ1) is 11.3. The summed E-state index contributed by atoms with van der Waals surface area (Å²) in [6.45, 7) is 0. The zero-order valence-electron chi connectivity index (χ0n) is 12.0. The summed E-state index contributed by atoms with van der Waals surface area (Å²) >= 11 is 0. The van der Waals surface area contributed by atoms with Gasteiger partial charge in [-0.1, -0.05) is 12.1 Å². The molecule has 128 valence electrons. The van der Waals surface area contributed by atoms with Crippen LogP contribution in [0.25, 0.3) is 0 Å². The molecule has 2 aromatic rings. The van der Waals surface area contributed by atoms with E-state index in [1.54, 1.807) is 0 Å². The van der Waals surface area contributed by atoms with E-state index in [0.717, 1.165) is 6.07 Å². The third kappa shape index (κ3) is 4.07. The number of aromatic carboxylic acids is 1. The molecule has 1 unspecified atom stereocenters. The Bertz CT molecular complexity index is 762. The van der Waals surface area contributed by atoms with Crippen LogP contribution in [0.1, 0.15) is 15.9 Å². The summed E-state index contributed by atoms with van der Waals surface area (Å²) in [6.07, 6.45) is 0. The molecule has 0 bridgehead atoms. The number of hydrogen-bond acceptors (Lipinski definition) is 9. The molecular weight excluding hydrogens is 340 g/mol. The van der Waals surface area contributed by atoms with Gasteiger partial charge in [0, 0.05) is 4.90 Å². The van der Waals surface area contributed by atoms with E-state index in [4.69, 9.17) is 5.21 Å². The minimum absolute atomic E-state index is 0.0355. The Kier molecular flexibility index (Phi) is 5.49. The lowest BCUT2D eigenvalue weighted by atomic mass is 10.1. The summed E-state index contributed by atoms with van der Waals surface area (Å²) in [6, 6.07) is 8.74. The fourth-order valence-corrected chi connectivity index (χ4v) is 3.08. The first-order valence-corrected chi connectivity index (χ1v) is 7.78. The number of nitrogens with zero attached hydrogens (tertiary/aromatic N) is 2. The third-order valence-corrected chi connectivity index (χ3v) is 4.51. The van der Waals surface area contributed by atoms with E-state index >= 15 is 0 Å². The summed E-state index contributed by atoms with van der Waals surface area (Å²) in [5, 5.41) is 48.1. The van der Waals surface area contributed by atoms with E-state index in [1.807, 2.05) is 0 Å². The van der Waals surface area contributed by atoms with Crippen LogP contribution < -0.4 is 15.6 Å². The summed E-state index contributed by atoms with van der Waals surface area (Å²) in [7, 11) is -1.61. The van der Waals surface area contributed by atoms with Crippen LogP contribution in [0.3, 0.4) is 0 Å². The summed E-state index contributed by atoms with van der Waals surface area (Å²) in [5.41, 5.74) is -0.329. The smallest absolute Gasteiger partial charge is 0.0990 e. The highest BCUT2D eigenvalue weighted by molar-refractivity contribution is 7.84. The predicted octanol–water partition coefficient (Wildman–Crippen LogP) is 0.636. The molecule has 0 spiro atoms. The van der Waals surface area contributed by atoms with Crippen LogP contribution in [-0.4, -0.2) is 25.8 Å². The maximum atomic E-state index is 12.3. The van der Waals surface area contributed by atoms with Crippen LogP contribution in [0.15, 0.2) is 47.4 Å². The standard InChI is InChI=1S/C14H13N2O7S/c17-14(18)9-1-2-10(13(7-9)16(21)22)8-24(23)12-5-3-11(4-6-12)15(19)20/h1-7,19,21-22H,8H2,(H,17,18)/q-1/p-1. The second kappa shape index (κ2) is 7.38. The van der Waals surface area contributed by atoms with E-state index in [9.17, 15) is 29.7 Å². The number of rotatable bonds is 6. The number of anilines is 2. The molecule has 10 heteroatoms. The van der Waals surface area contributed by atoms with Crippen molar-refractivity contribution in [3.8, 4) is 0 Å². The number of hydrogen-bond donors (Lipinski definition) is 3. The molecule has 1 atom stereocenters. The molecule has 0 amide bonds. The molecular formula is C14H12N2O7S-2. The van der Waals surface area contributed by atoms with Crippen molar-refractivity contribution in [1.29, 1.82) is 0 Å². The monoisotopic (exact) mass is 352 g/mol. The van der Waals surface area contributed by atoms with Crippen molar-refractivity contribution in [3.05, 3.63) is 58.8 Å². The average Bonchev–Trinajstić information content (AvgIpc) is 2.54. The van der Waals surface area contributed by atoms with Crippen LogP contribution in [0.5, 0.6) is 0 Å². The van der Waals surface area contributed by atoms with E-state index in [0.29, 0.717) is 4.90 Å². The lowest BCUT2D eigenvalue weighted by Gasteiger charge is -2.21. The van der Waals surface area contributed by atoms with Gasteiger partial charge in [-0.25, -0.2) is 0 Å². The Hall–Kier alpha value is -2.50. The Morgan fingerprint density at radius 1 is 1.08 bits per heavy atom. The lowest BCUT2D eigenvalue weighted by molar-refractivity contribution is -0.255. The number of benzene rings is 2. The Labute approximate surface area is 138 Å². The minimum Gasteiger partial charge on any atom is -0.733 e. The Balaban J connectivity index is 2.26. The van der Waals surface area contributed by atoms with Gasteiger partial charge in [0.05, 0.1) is 33.9 Å². The summed E-state index contributed by atoms with van der Waals surface area (Å²) in [5.74, 6) is -1.63. The van der Waals surface area contributed by atoms with Gasteiger partial charge in [0.1, 0.15) is 0 Å². The highest BCUT2D eigenvalue weighted by Gasteiger charge is 2.13. The van der Waals surface area contributed by atoms with Gasteiger partial charge in [-0.15, -0.1) is 5.23 Å². The third-order valence-electron chi connectivity index (χ3n) is 3.14. The largest absolute Gasteiger partial charge is 0.733 e. The molecule has 0 heterocycles. The van der Waals surface area contributed by atoms with E-state index in [2.05, 4.69) is 0 Å². The van der Waals surface area contributed by atoms with Crippen LogP contribution in [0, 0.1) is 5.21 Å². The van der Waals surface area contributed by atoms with Gasteiger partial charge < -0.3 is 20.3 Å². The normalized spacial score (nSPS) is 11.8. The second-order valence-electron chi connectivity index (χ2n) is 4.68. The van der Waals surface area contributed by atoms with Crippen molar-refractivity contribution in [3.63, 3.8) is 0 Å². The van der Waals surface area contributed by atoms with Crippen LogP contribution in [-0.2, 0) is 16.6 Å². The molecule has 2 rings (SSSR count). The Morgan fingerprint density at radius 2 is 1.71 bits per heavy atom. The molecule has 2 aromatic carbocycles. The number of carbonyl (C=O) groups excluding carboxylic acids is 1. The van der Waals surface area contributed by atoms with Crippen molar-refractivity contribution in [2.24, 2.45) is 0 Å². The van der Waals surface area contributed by atoms with Crippen LogP contribution >= 0.6 is 0 Å². The number of carbonyl (C=O) groups is 1. The topological polar surface area (TPSA) is 147 Å². The molecule has 0 aliphatic rings. The van der Waals surface area contributed by atoms with Crippen molar-refractivity contribution in [2.75, 3.05) is 10.5 Å². The maximum Gasteiger partial charge on any atom is 0.0990 e. The zero-order chi connectivity index (χ0) is 17.9. The molecule has 0 saturated carbocycles. The van der Waals surface area contributed by atoms with Crippen molar-refractivity contribution in [1.82, 2.24) is 0 Å². The Morgan fingerprint density at radius 3 is 2.21 bits per heavy atom. The molecule has 0 aromatic heterocycles. The SMILES string of the molecule is O=C([O-])c1ccc(CS(=O)c2ccc(N([O-])O)cc2)c(N(O)O)c1. The van der Waals surface area contributed by atoms with Gasteiger partial charge in [-0.3, -0.25) is 19.8 Å². The molecule has 0 fully saturated rings. The van der Waals surface area contributed by atoms with Crippen molar-refractivity contribution in [2.45, 2.75) is 10.6 Å². The molecule has 3 N–H and O–H groups in total. The number of carboxylic acid groups (broad SMARTS) is 1. The molecule has 0 radical (unpaired) electrons. The molecule has 0 aliphatic heterocycles. The van der Waals surface area contributed by atoms with Gasteiger partial charge in [-0.05, 0) is 41.5 Å². The molecule has 0 saturated heterocycles. The zero-order valence-corrected chi connectivity index (χ0v) is 12.8. The van der Waals surface area contributed by atoms with Gasteiger partial charge >= 0.3 is 0 Å². The van der Waals surface area contributed by atoms with Gasteiger partial charge in [-0.2, -0.15) is 0 Å².